The molecule has 1 amide bonds. The van der Waals surface area contributed by atoms with Gasteiger partial charge >= 0.3 is 0 Å². The zero-order valence-electron chi connectivity index (χ0n) is 15.5. The minimum absolute atomic E-state index is 0.229. The van der Waals surface area contributed by atoms with E-state index in [1.807, 2.05) is 66.7 Å². The Morgan fingerprint density at radius 3 is 2.41 bits per heavy atom. The predicted octanol–water partition coefficient (Wildman–Crippen LogP) is 5.95. The molecule has 4 rings (SSSR count). The summed E-state index contributed by atoms with van der Waals surface area (Å²) in [5.74, 6) is 0.932. The second-order valence-electron chi connectivity index (χ2n) is 6.30. The zero-order chi connectivity index (χ0) is 20.4. The van der Waals surface area contributed by atoms with Crippen molar-refractivity contribution in [1.82, 2.24) is 0 Å². The van der Waals surface area contributed by atoms with Gasteiger partial charge in [-0.25, -0.2) is 4.99 Å². The number of methoxy groups -OCH3 is 1. The van der Waals surface area contributed by atoms with Crippen LogP contribution in [0.4, 0.5) is 5.69 Å². The number of hydrogen-bond donors (Lipinski definition) is 0. The van der Waals surface area contributed by atoms with Gasteiger partial charge in [0.1, 0.15) is 17.3 Å². The standard InChI is InChI=1S/C23H16BrClN2O2/c1-29-21-9-5-2-6-15(21)14-20-23(28)27(17-12-10-16(24)11-13-17)22(26-20)18-7-3-4-8-19(18)25/h2-14H,1H3/b20-14+. The van der Waals surface area contributed by atoms with Gasteiger partial charge in [0.05, 0.1) is 17.8 Å². The van der Waals surface area contributed by atoms with Gasteiger partial charge in [-0.15, -0.1) is 0 Å². The van der Waals surface area contributed by atoms with Crippen molar-refractivity contribution >= 4 is 51.0 Å². The Kier molecular flexibility index (Phi) is 5.51. The van der Waals surface area contributed by atoms with Crippen LogP contribution in [0.15, 0.2) is 88.0 Å². The number of hydrogen-bond acceptors (Lipinski definition) is 3. The number of amides is 1. The number of amidine groups is 1. The fourth-order valence-electron chi connectivity index (χ4n) is 3.10. The number of halogens is 2. The Bertz CT molecular complexity index is 1140. The molecule has 0 saturated heterocycles. The van der Waals surface area contributed by atoms with Gasteiger partial charge in [-0.3, -0.25) is 9.69 Å². The van der Waals surface area contributed by atoms with E-state index in [0.29, 0.717) is 33.6 Å². The molecule has 29 heavy (non-hydrogen) atoms. The number of benzene rings is 3. The van der Waals surface area contributed by atoms with Crippen LogP contribution in [0.3, 0.4) is 0 Å². The van der Waals surface area contributed by atoms with Crippen LogP contribution in [0.5, 0.6) is 5.75 Å². The van der Waals surface area contributed by atoms with Gasteiger partial charge in [0.15, 0.2) is 0 Å². The molecule has 0 unspecified atom stereocenters. The van der Waals surface area contributed by atoms with Crippen LogP contribution < -0.4 is 9.64 Å². The van der Waals surface area contributed by atoms with Gasteiger partial charge in [0.2, 0.25) is 0 Å². The van der Waals surface area contributed by atoms with Gasteiger partial charge in [-0.05, 0) is 48.5 Å². The minimum atomic E-state index is -0.229. The molecule has 0 N–H and O–H groups in total. The summed E-state index contributed by atoms with van der Waals surface area (Å²) < 4.78 is 6.33. The van der Waals surface area contributed by atoms with Crippen molar-refractivity contribution in [3.63, 3.8) is 0 Å². The monoisotopic (exact) mass is 466 g/mol. The van der Waals surface area contributed by atoms with Crippen molar-refractivity contribution in [2.24, 2.45) is 4.99 Å². The number of carbonyl (C=O) groups excluding carboxylic acids is 1. The SMILES string of the molecule is COc1ccccc1/C=C1/N=C(c2ccccc2Cl)N(c2ccc(Br)cc2)C1=O. The summed E-state index contributed by atoms with van der Waals surface area (Å²) in [5, 5.41) is 0.528. The number of anilines is 1. The molecule has 144 valence electrons. The lowest BCUT2D eigenvalue weighted by atomic mass is 10.1. The third-order valence-corrected chi connectivity index (χ3v) is 5.35. The lowest BCUT2D eigenvalue weighted by Crippen LogP contribution is -2.32. The number of rotatable bonds is 4. The van der Waals surface area contributed by atoms with Crippen molar-refractivity contribution in [3.8, 4) is 5.75 Å². The lowest BCUT2D eigenvalue weighted by molar-refractivity contribution is -0.113. The summed E-state index contributed by atoms with van der Waals surface area (Å²) >= 11 is 9.85. The fourth-order valence-corrected chi connectivity index (χ4v) is 3.59. The van der Waals surface area contributed by atoms with E-state index >= 15 is 0 Å². The largest absolute Gasteiger partial charge is 0.496 e. The van der Waals surface area contributed by atoms with Crippen molar-refractivity contribution in [2.75, 3.05) is 12.0 Å². The summed E-state index contributed by atoms with van der Waals surface area (Å²) in [4.78, 5) is 19.6. The molecule has 0 saturated carbocycles. The highest BCUT2D eigenvalue weighted by molar-refractivity contribution is 9.10. The number of aliphatic imine (C=N–C) groups is 1. The molecule has 1 aliphatic rings. The first-order chi connectivity index (χ1) is 14.1. The summed E-state index contributed by atoms with van der Waals surface area (Å²) in [6.07, 6.45) is 1.73. The molecule has 3 aromatic carbocycles. The molecule has 0 aromatic heterocycles. The van der Waals surface area contributed by atoms with E-state index in [2.05, 4.69) is 20.9 Å². The summed E-state index contributed by atoms with van der Waals surface area (Å²) in [6.45, 7) is 0. The van der Waals surface area contributed by atoms with E-state index in [9.17, 15) is 4.79 Å². The molecule has 0 radical (unpaired) electrons. The normalized spacial score (nSPS) is 15.0. The van der Waals surface area contributed by atoms with E-state index in [-0.39, 0.29) is 5.91 Å². The van der Waals surface area contributed by atoms with E-state index in [4.69, 9.17) is 16.3 Å². The molecular weight excluding hydrogens is 452 g/mol. The van der Waals surface area contributed by atoms with Crippen LogP contribution in [0.25, 0.3) is 6.08 Å². The molecule has 0 fully saturated rings. The number of para-hydroxylation sites is 1. The van der Waals surface area contributed by atoms with E-state index in [0.717, 1.165) is 10.0 Å². The second kappa shape index (κ2) is 8.23. The van der Waals surface area contributed by atoms with Gasteiger partial charge in [0.25, 0.3) is 5.91 Å². The molecule has 1 aliphatic heterocycles. The molecule has 0 bridgehead atoms. The first-order valence-corrected chi connectivity index (χ1v) is 10.0. The third-order valence-electron chi connectivity index (χ3n) is 4.49. The van der Waals surface area contributed by atoms with Crippen LogP contribution >= 0.6 is 27.5 Å². The molecule has 0 spiro atoms. The van der Waals surface area contributed by atoms with Crippen LogP contribution in [0.1, 0.15) is 11.1 Å². The number of nitrogens with zero attached hydrogens (tertiary/aromatic N) is 2. The Morgan fingerprint density at radius 2 is 1.69 bits per heavy atom. The van der Waals surface area contributed by atoms with Gasteiger partial charge in [-0.2, -0.15) is 0 Å². The van der Waals surface area contributed by atoms with Crippen LogP contribution in [-0.4, -0.2) is 18.9 Å². The number of carbonyl (C=O) groups is 1. The van der Waals surface area contributed by atoms with Crippen LogP contribution in [-0.2, 0) is 4.79 Å². The first kappa shape index (κ1) is 19.4. The topological polar surface area (TPSA) is 41.9 Å². The minimum Gasteiger partial charge on any atom is -0.496 e. The van der Waals surface area contributed by atoms with Gasteiger partial charge < -0.3 is 4.74 Å². The Balaban J connectivity index is 1.86. The summed E-state index contributed by atoms with van der Waals surface area (Å²) in [7, 11) is 1.60. The molecule has 4 nitrogen and oxygen atoms in total. The maximum absolute atomic E-state index is 13.3. The Morgan fingerprint density at radius 1 is 1.00 bits per heavy atom. The summed E-state index contributed by atoms with van der Waals surface area (Å²) in [6, 6.07) is 22.3. The van der Waals surface area contributed by atoms with Crippen molar-refractivity contribution < 1.29 is 9.53 Å². The predicted molar refractivity (Wildman–Crippen MR) is 121 cm³/mol. The molecular formula is C23H16BrClN2O2. The van der Waals surface area contributed by atoms with Gasteiger partial charge in [0, 0.05) is 15.6 Å². The lowest BCUT2D eigenvalue weighted by Gasteiger charge is -2.19. The van der Waals surface area contributed by atoms with E-state index < -0.39 is 0 Å². The molecule has 6 heteroatoms. The number of ether oxygens (including phenoxy) is 1. The smallest absolute Gasteiger partial charge is 0.282 e. The fraction of sp³-hybridized carbons (Fsp3) is 0.0435. The third kappa shape index (κ3) is 3.84. The van der Waals surface area contributed by atoms with Crippen molar-refractivity contribution in [1.29, 1.82) is 0 Å². The Hall–Kier alpha value is -2.89. The maximum atomic E-state index is 13.3. The molecule has 3 aromatic rings. The highest BCUT2D eigenvalue weighted by Crippen LogP contribution is 2.32. The second-order valence-corrected chi connectivity index (χ2v) is 7.63. The van der Waals surface area contributed by atoms with Crippen LogP contribution in [0.2, 0.25) is 5.02 Å². The van der Waals surface area contributed by atoms with Crippen LogP contribution in [0, 0.1) is 0 Å². The highest BCUT2D eigenvalue weighted by Gasteiger charge is 2.33. The maximum Gasteiger partial charge on any atom is 0.282 e. The van der Waals surface area contributed by atoms with Crippen molar-refractivity contribution in [2.45, 2.75) is 0 Å². The van der Waals surface area contributed by atoms with E-state index in [1.165, 1.54) is 0 Å². The van der Waals surface area contributed by atoms with Crippen molar-refractivity contribution in [3.05, 3.63) is 99.1 Å². The highest BCUT2D eigenvalue weighted by atomic mass is 79.9. The van der Waals surface area contributed by atoms with Gasteiger partial charge in [-0.1, -0.05) is 57.9 Å². The summed E-state index contributed by atoms with van der Waals surface area (Å²) in [5.41, 5.74) is 2.49. The molecule has 1 heterocycles. The zero-order valence-corrected chi connectivity index (χ0v) is 17.8. The first-order valence-electron chi connectivity index (χ1n) is 8.87. The Labute approximate surface area is 182 Å². The quantitative estimate of drug-likeness (QED) is 0.445. The average Bonchev–Trinajstić information content (AvgIpc) is 3.05. The molecule has 0 aliphatic carbocycles. The molecule has 0 atom stereocenters. The average molecular weight is 468 g/mol. The van der Waals surface area contributed by atoms with E-state index in [1.54, 1.807) is 24.2 Å².